The SMILES string of the molecule is CCc1cnc(CNS(=O)(=O)c2cnc(C)c(C(=O)O)c2)s1. The number of nitrogens with one attached hydrogen (secondary N) is 1. The van der Waals surface area contributed by atoms with Gasteiger partial charge in [-0.25, -0.2) is 22.9 Å². The van der Waals surface area contributed by atoms with E-state index >= 15 is 0 Å². The van der Waals surface area contributed by atoms with E-state index in [9.17, 15) is 13.2 Å². The molecule has 0 atom stereocenters. The molecule has 2 rings (SSSR count). The summed E-state index contributed by atoms with van der Waals surface area (Å²) < 4.78 is 26.8. The van der Waals surface area contributed by atoms with Gasteiger partial charge in [-0.3, -0.25) is 4.98 Å². The Hall–Kier alpha value is -1.84. The van der Waals surface area contributed by atoms with E-state index in [-0.39, 0.29) is 22.7 Å². The van der Waals surface area contributed by atoms with Crippen molar-refractivity contribution >= 4 is 27.3 Å². The normalized spacial score (nSPS) is 11.5. The zero-order valence-electron chi connectivity index (χ0n) is 12.0. The molecule has 2 aromatic rings. The fourth-order valence-corrected chi connectivity index (χ4v) is 3.56. The third kappa shape index (κ3) is 3.67. The molecule has 0 radical (unpaired) electrons. The first-order valence-corrected chi connectivity index (χ1v) is 8.76. The second kappa shape index (κ2) is 6.51. The number of carbonyl (C=O) groups is 1. The van der Waals surface area contributed by atoms with Gasteiger partial charge in [-0.05, 0) is 19.4 Å². The van der Waals surface area contributed by atoms with Crippen molar-refractivity contribution in [3.63, 3.8) is 0 Å². The van der Waals surface area contributed by atoms with Crippen LogP contribution in [-0.4, -0.2) is 29.5 Å². The summed E-state index contributed by atoms with van der Waals surface area (Å²) in [6, 6.07) is 1.10. The van der Waals surface area contributed by atoms with Crippen LogP contribution in [0.3, 0.4) is 0 Å². The Morgan fingerprint density at radius 3 is 2.68 bits per heavy atom. The van der Waals surface area contributed by atoms with Gasteiger partial charge in [-0.15, -0.1) is 11.3 Å². The lowest BCUT2D eigenvalue weighted by Gasteiger charge is -2.07. The first kappa shape index (κ1) is 16.5. The number of aryl methyl sites for hydroxylation is 2. The Labute approximate surface area is 132 Å². The quantitative estimate of drug-likeness (QED) is 0.826. The van der Waals surface area contributed by atoms with Crippen molar-refractivity contribution in [3.05, 3.63) is 39.6 Å². The summed E-state index contributed by atoms with van der Waals surface area (Å²) in [5, 5.41) is 9.68. The molecule has 2 heterocycles. The predicted octanol–water partition coefficient (Wildman–Crippen LogP) is 1.59. The van der Waals surface area contributed by atoms with Gasteiger partial charge in [0.25, 0.3) is 0 Å². The number of aromatic nitrogens is 2. The van der Waals surface area contributed by atoms with Crippen LogP contribution in [0.5, 0.6) is 0 Å². The Kier molecular flexibility index (Phi) is 4.89. The molecular weight excluding hydrogens is 326 g/mol. The Balaban J connectivity index is 2.19. The van der Waals surface area contributed by atoms with Crippen LogP contribution in [0, 0.1) is 6.92 Å². The highest BCUT2D eigenvalue weighted by Crippen LogP contribution is 2.16. The van der Waals surface area contributed by atoms with E-state index in [0.29, 0.717) is 5.01 Å². The Morgan fingerprint density at radius 2 is 2.09 bits per heavy atom. The number of hydrogen-bond acceptors (Lipinski definition) is 6. The van der Waals surface area contributed by atoms with Gasteiger partial charge in [0, 0.05) is 17.3 Å². The molecule has 0 saturated heterocycles. The van der Waals surface area contributed by atoms with E-state index in [4.69, 9.17) is 5.11 Å². The Bertz CT molecular complexity index is 799. The highest BCUT2D eigenvalue weighted by molar-refractivity contribution is 7.89. The van der Waals surface area contributed by atoms with Gasteiger partial charge >= 0.3 is 5.97 Å². The van der Waals surface area contributed by atoms with Crippen LogP contribution in [0.2, 0.25) is 0 Å². The molecule has 0 saturated carbocycles. The van der Waals surface area contributed by atoms with Gasteiger partial charge < -0.3 is 5.11 Å². The van der Waals surface area contributed by atoms with Crippen molar-refractivity contribution in [2.24, 2.45) is 0 Å². The van der Waals surface area contributed by atoms with Gasteiger partial charge in [-0.1, -0.05) is 6.92 Å². The maximum absolute atomic E-state index is 12.2. The van der Waals surface area contributed by atoms with Gasteiger partial charge in [0.2, 0.25) is 10.0 Å². The number of aromatic carboxylic acids is 1. The molecule has 0 fully saturated rings. The summed E-state index contributed by atoms with van der Waals surface area (Å²) in [5.74, 6) is -1.21. The van der Waals surface area contributed by atoms with Crippen molar-refractivity contribution in [3.8, 4) is 0 Å². The summed E-state index contributed by atoms with van der Waals surface area (Å²) in [4.78, 5) is 19.9. The number of hydrogen-bond donors (Lipinski definition) is 2. The van der Waals surface area contributed by atoms with Crippen molar-refractivity contribution < 1.29 is 18.3 Å². The highest BCUT2D eigenvalue weighted by Gasteiger charge is 2.19. The first-order chi connectivity index (χ1) is 10.3. The molecular formula is C13H15N3O4S2. The van der Waals surface area contributed by atoms with Crippen LogP contribution in [-0.2, 0) is 23.0 Å². The molecule has 0 unspecified atom stereocenters. The van der Waals surface area contributed by atoms with E-state index in [0.717, 1.165) is 23.6 Å². The first-order valence-electron chi connectivity index (χ1n) is 6.46. The number of carboxylic acid groups (broad SMARTS) is 1. The molecule has 0 aliphatic carbocycles. The van der Waals surface area contributed by atoms with Crippen LogP contribution in [0.15, 0.2) is 23.4 Å². The van der Waals surface area contributed by atoms with E-state index in [1.54, 1.807) is 6.20 Å². The minimum absolute atomic E-state index is 0.0588. The summed E-state index contributed by atoms with van der Waals surface area (Å²) in [7, 11) is -3.84. The molecule has 0 aliphatic heterocycles. The molecule has 0 aliphatic rings. The molecule has 2 N–H and O–H groups in total. The zero-order valence-corrected chi connectivity index (χ0v) is 13.7. The fourth-order valence-electron chi connectivity index (χ4n) is 1.71. The van der Waals surface area contributed by atoms with Gasteiger partial charge in [0.05, 0.1) is 17.8 Å². The van der Waals surface area contributed by atoms with Crippen LogP contribution in [0.4, 0.5) is 0 Å². The number of thiazole rings is 1. The number of carboxylic acids is 1. The van der Waals surface area contributed by atoms with Gasteiger partial charge in [0.15, 0.2) is 0 Å². The zero-order chi connectivity index (χ0) is 16.3. The van der Waals surface area contributed by atoms with E-state index < -0.39 is 16.0 Å². The van der Waals surface area contributed by atoms with Gasteiger partial charge in [0.1, 0.15) is 9.90 Å². The maximum atomic E-state index is 12.2. The minimum atomic E-state index is -3.84. The molecule has 2 aromatic heterocycles. The number of sulfonamides is 1. The topological polar surface area (TPSA) is 109 Å². The second-order valence-corrected chi connectivity index (χ2v) is 7.47. The third-order valence-electron chi connectivity index (χ3n) is 2.97. The van der Waals surface area contributed by atoms with E-state index in [1.165, 1.54) is 18.3 Å². The van der Waals surface area contributed by atoms with Crippen molar-refractivity contribution in [2.75, 3.05) is 0 Å². The fraction of sp³-hybridized carbons (Fsp3) is 0.308. The molecule has 9 heteroatoms. The number of pyridine rings is 1. The number of nitrogens with zero attached hydrogens (tertiary/aromatic N) is 2. The van der Waals surface area contributed by atoms with Crippen molar-refractivity contribution in [1.82, 2.24) is 14.7 Å². The molecule has 22 heavy (non-hydrogen) atoms. The molecule has 0 aromatic carbocycles. The average Bonchev–Trinajstić information content (AvgIpc) is 2.93. The average molecular weight is 341 g/mol. The monoisotopic (exact) mass is 341 g/mol. The van der Waals surface area contributed by atoms with E-state index in [1.807, 2.05) is 6.92 Å². The van der Waals surface area contributed by atoms with Crippen molar-refractivity contribution in [1.29, 1.82) is 0 Å². The summed E-state index contributed by atoms with van der Waals surface area (Å²) in [5.41, 5.74) is 0.129. The highest BCUT2D eigenvalue weighted by atomic mass is 32.2. The van der Waals surface area contributed by atoms with Crippen molar-refractivity contribution in [2.45, 2.75) is 31.7 Å². The standard InChI is InChI=1S/C13H15N3O4S2/c1-3-9-5-15-12(21-9)7-16-22(19,20)10-4-11(13(17)18)8(2)14-6-10/h4-6,16H,3,7H2,1-2H3,(H,17,18). The van der Waals surface area contributed by atoms with Crippen LogP contribution in [0.25, 0.3) is 0 Å². The predicted molar refractivity (Wildman–Crippen MR) is 81.5 cm³/mol. The Morgan fingerprint density at radius 1 is 1.36 bits per heavy atom. The largest absolute Gasteiger partial charge is 0.478 e. The lowest BCUT2D eigenvalue weighted by molar-refractivity contribution is 0.0695. The molecule has 118 valence electrons. The molecule has 7 nitrogen and oxygen atoms in total. The summed E-state index contributed by atoms with van der Waals surface area (Å²) in [6.45, 7) is 3.56. The minimum Gasteiger partial charge on any atom is -0.478 e. The molecule has 0 bridgehead atoms. The smallest absolute Gasteiger partial charge is 0.337 e. The van der Waals surface area contributed by atoms with Crippen LogP contribution < -0.4 is 4.72 Å². The van der Waals surface area contributed by atoms with Crippen LogP contribution in [0.1, 0.15) is 32.9 Å². The van der Waals surface area contributed by atoms with Crippen LogP contribution >= 0.6 is 11.3 Å². The number of rotatable bonds is 6. The maximum Gasteiger partial charge on any atom is 0.337 e. The van der Waals surface area contributed by atoms with E-state index in [2.05, 4.69) is 14.7 Å². The summed E-state index contributed by atoms with van der Waals surface area (Å²) >= 11 is 1.43. The third-order valence-corrected chi connectivity index (χ3v) is 5.48. The van der Waals surface area contributed by atoms with Gasteiger partial charge in [-0.2, -0.15) is 0 Å². The molecule has 0 amide bonds. The second-order valence-electron chi connectivity index (χ2n) is 4.51. The summed E-state index contributed by atoms with van der Waals surface area (Å²) in [6.07, 6.45) is 3.70. The lowest BCUT2D eigenvalue weighted by atomic mass is 10.2. The molecule has 0 spiro atoms. The lowest BCUT2D eigenvalue weighted by Crippen LogP contribution is -2.24.